The van der Waals surface area contributed by atoms with E-state index in [9.17, 15) is 9.59 Å². The summed E-state index contributed by atoms with van der Waals surface area (Å²) in [6, 6.07) is 9.39. The van der Waals surface area contributed by atoms with Crippen LogP contribution in [-0.4, -0.2) is 31.6 Å². The first-order valence-electron chi connectivity index (χ1n) is 8.63. The van der Waals surface area contributed by atoms with Crippen molar-refractivity contribution in [3.8, 4) is 0 Å². The van der Waals surface area contributed by atoms with Gasteiger partial charge in [0.15, 0.2) is 0 Å². The van der Waals surface area contributed by atoms with Gasteiger partial charge in [-0.25, -0.2) is 10.2 Å². The van der Waals surface area contributed by atoms with Crippen molar-refractivity contribution in [3.05, 3.63) is 53.0 Å². The van der Waals surface area contributed by atoms with Gasteiger partial charge in [0.05, 0.1) is 5.56 Å². The Bertz CT molecular complexity index is 770. The molecule has 3 N–H and O–H groups in total. The quantitative estimate of drug-likeness (QED) is 0.693. The lowest BCUT2D eigenvalue weighted by molar-refractivity contribution is 0.0934. The van der Waals surface area contributed by atoms with E-state index < -0.39 is 11.9 Å². The van der Waals surface area contributed by atoms with Crippen LogP contribution in [0.5, 0.6) is 0 Å². The monoisotopic (exact) mass is 358 g/mol. The van der Waals surface area contributed by atoms with Crippen molar-refractivity contribution in [1.82, 2.24) is 16.2 Å². The number of nitrogens with one attached hydrogen (secondary N) is 3. The van der Waals surface area contributed by atoms with Crippen LogP contribution in [-0.2, 0) is 0 Å². The number of carbonyl (C=O) groups excluding carboxylic acids is 2. The molecule has 0 spiro atoms. The van der Waals surface area contributed by atoms with E-state index in [2.05, 4.69) is 47.0 Å². The summed E-state index contributed by atoms with van der Waals surface area (Å²) in [4.78, 5) is 26.0. The van der Waals surface area contributed by atoms with Gasteiger partial charge in [0.1, 0.15) is 11.5 Å². The summed E-state index contributed by atoms with van der Waals surface area (Å²) >= 11 is 0. The fourth-order valence-electron chi connectivity index (χ4n) is 2.68. The number of aryl methyl sites for hydroxylation is 3. The number of benzene rings is 1. The normalized spacial score (nSPS) is 10.3. The molecular weight excluding hydrogens is 332 g/mol. The van der Waals surface area contributed by atoms with Crippen molar-refractivity contribution in [1.29, 1.82) is 0 Å². The molecule has 0 fully saturated rings. The molecule has 140 valence electrons. The SMILES string of the molecule is CCN(CCNC(=O)NNC(=O)c1cc(C)oc1C)c1cccc(C)c1. The van der Waals surface area contributed by atoms with Crippen LogP contribution < -0.4 is 21.1 Å². The van der Waals surface area contributed by atoms with Crippen molar-refractivity contribution < 1.29 is 14.0 Å². The number of anilines is 1. The summed E-state index contributed by atoms with van der Waals surface area (Å²) < 4.78 is 5.30. The number of likely N-dealkylation sites (N-methyl/N-ethyl adjacent to an activating group) is 1. The Hall–Kier alpha value is -2.96. The zero-order valence-electron chi connectivity index (χ0n) is 15.7. The zero-order valence-corrected chi connectivity index (χ0v) is 15.7. The topological polar surface area (TPSA) is 86.6 Å². The third kappa shape index (κ3) is 5.27. The minimum Gasteiger partial charge on any atom is -0.466 e. The van der Waals surface area contributed by atoms with Crippen LogP contribution in [0, 0.1) is 20.8 Å². The minimum absolute atomic E-state index is 0.402. The van der Waals surface area contributed by atoms with Gasteiger partial charge in [-0.3, -0.25) is 10.2 Å². The van der Waals surface area contributed by atoms with Crippen LogP contribution in [0.1, 0.15) is 34.4 Å². The summed E-state index contributed by atoms with van der Waals surface area (Å²) in [7, 11) is 0. The third-order valence-corrected chi connectivity index (χ3v) is 3.99. The van der Waals surface area contributed by atoms with Gasteiger partial charge in [-0.15, -0.1) is 0 Å². The number of hydrogen-bond donors (Lipinski definition) is 3. The Kier molecular flexibility index (Phi) is 6.66. The van der Waals surface area contributed by atoms with Crippen molar-refractivity contribution in [2.45, 2.75) is 27.7 Å². The Balaban J connectivity index is 1.76. The van der Waals surface area contributed by atoms with Gasteiger partial charge in [-0.2, -0.15) is 0 Å². The second kappa shape index (κ2) is 8.94. The van der Waals surface area contributed by atoms with E-state index in [1.807, 2.05) is 12.1 Å². The lowest BCUT2D eigenvalue weighted by atomic mass is 10.2. The van der Waals surface area contributed by atoms with Crippen LogP contribution in [0.25, 0.3) is 0 Å². The average Bonchev–Trinajstić information content (AvgIpc) is 2.95. The minimum atomic E-state index is -0.462. The maximum absolute atomic E-state index is 12.0. The highest BCUT2D eigenvalue weighted by atomic mass is 16.3. The van der Waals surface area contributed by atoms with Gasteiger partial charge in [0.2, 0.25) is 0 Å². The first-order valence-corrected chi connectivity index (χ1v) is 8.63. The maximum atomic E-state index is 12.0. The summed E-state index contributed by atoms with van der Waals surface area (Å²) in [6.07, 6.45) is 0. The molecule has 1 aromatic carbocycles. The molecule has 0 aliphatic rings. The van der Waals surface area contributed by atoms with Crippen LogP contribution in [0.2, 0.25) is 0 Å². The molecule has 0 saturated carbocycles. The Morgan fingerprint density at radius 2 is 1.88 bits per heavy atom. The standard InChI is InChI=1S/C19H26N4O3/c1-5-23(16-8-6-7-13(2)11-16)10-9-20-19(25)22-21-18(24)17-12-14(3)26-15(17)4/h6-8,11-12H,5,9-10H2,1-4H3,(H,21,24)(H2,20,22,25). The molecule has 0 unspecified atom stereocenters. The summed E-state index contributed by atoms with van der Waals surface area (Å²) in [5.74, 6) is 0.747. The molecular formula is C19H26N4O3. The van der Waals surface area contributed by atoms with E-state index >= 15 is 0 Å². The highest BCUT2D eigenvalue weighted by molar-refractivity contribution is 5.96. The first kappa shape index (κ1) is 19.4. The average molecular weight is 358 g/mol. The van der Waals surface area contributed by atoms with Crippen LogP contribution in [0.4, 0.5) is 10.5 Å². The number of furan rings is 1. The molecule has 1 aromatic heterocycles. The van der Waals surface area contributed by atoms with E-state index in [1.54, 1.807) is 19.9 Å². The lowest BCUT2D eigenvalue weighted by Gasteiger charge is -2.23. The molecule has 7 nitrogen and oxygen atoms in total. The van der Waals surface area contributed by atoms with Crippen molar-refractivity contribution in [3.63, 3.8) is 0 Å². The molecule has 0 bridgehead atoms. The number of hydrogen-bond acceptors (Lipinski definition) is 4. The summed E-state index contributed by atoms with van der Waals surface area (Å²) in [6.45, 7) is 9.54. The summed E-state index contributed by atoms with van der Waals surface area (Å²) in [5.41, 5.74) is 7.43. The number of nitrogens with zero attached hydrogens (tertiary/aromatic N) is 1. The Morgan fingerprint density at radius 1 is 1.12 bits per heavy atom. The molecule has 1 heterocycles. The predicted molar refractivity (Wildman–Crippen MR) is 101 cm³/mol. The fourth-order valence-corrected chi connectivity index (χ4v) is 2.68. The zero-order chi connectivity index (χ0) is 19.1. The number of carbonyl (C=O) groups is 2. The van der Waals surface area contributed by atoms with E-state index in [0.717, 1.165) is 12.2 Å². The fraction of sp³-hybridized carbons (Fsp3) is 0.368. The van der Waals surface area contributed by atoms with Crippen molar-refractivity contribution >= 4 is 17.6 Å². The second-order valence-corrected chi connectivity index (χ2v) is 6.08. The van der Waals surface area contributed by atoms with E-state index in [0.29, 0.717) is 30.2 Å². The van der Waals surface area contributed by atoms with Crippen LogP contribution in [0.15, 0.2) is 34.7 Å². The lowest BCUT2D eigenvalue weighted by Crippen LogP contribution is -2.48. The molecule has 2 aromatic rings. The molecule has 3 amide bonds. The molecule has 0 saturated heterocycles. The van der Waals surface area contributed by atoms with Crippen LogP contribution >= 0.6 is 0 Å². The predicted octanol–water partition coefficient (Wildman–Crippen LogP) is 2.68. The van der Waals surface area contributed by atoms with Gasteiger partial charge in [-0.1, -0.05) is 12.1 Å². The van der Waals surface area contributed by atoms with E-state index in [1.165, 1.54) is 5.56 Å². The second-order valence-electron chi connectivity index (χ2n) is 6.08. The molecule has 2 rings (SSSR count). The maximum Gasteiger partial charge on any atom is 0.333 e. The first-order chi connectivity index (χ1) is 12.4. The van der Waals surface area contributed by atoms with Crippen LogP contribution in [0.3, 0.4) is 0 Å². The highest BCUT2D eigenvalue weighted by Crippen LogP contribution is 2.15. The number of urea groups is 1. The molecule has 0 radical (unpaired) electrons. The largest absolute Gasteiger partial charge is 0.466 e. The van der Waals surface area contributed by atoms with Crippen molar-refractivity contribution in [2.75, 3.05) is 24.5 Å². The van der Waals surface area contributed by atoms with Gasteiger partial charge < -0.3 is 14.6 Å². The van der Waals surface area contributed by atoms with E-state index in [-0.39, 0.29) is 0 Å². The number of amides is 3. The van der Waals surface area contributed by atoms with Gasteiger partial charge in [0.25, 0.3) is 5.91 Å². The molecule has 0 atom stereocenters. The molecule has 0 aliphatic carbocycles. The van der Waals surface area contributed by atoms with Gasteiger partial charge in [0, 0.05) is 25.3 Å². The molecule has 26 heavy (non-hydrogen) atoms. The smallest absolute Gasteiger partial charge is 0.333 e. The highest BCUT2D eigenvalue weighted by Gasteiger charge is 2.14. The van der Waals surface area contributed by atoms with E-state index in [4.69, 9.17) is 4.42 Å². The third-order valence-electron chi connectivity index (χ3n) is 3.99. The van der Waals surface area contributed by atoms with Gasteiger partial charge >= 0.3 is 6.03 Å². The summed E-state index contributed by atoms with van der Waals surface area (Å²) in [5, 5.41) is 2.73. The van der Waals surface area contributed by atoms with Gasteiger partial charge in [-0.05, 0) is 51.5 Å². The number of rotatable bonds is 6. The molecule has 0 aliphatic heterocycles. The Morgan fingerprint density at radius 3 is 2.50 bits per heavy atom. The number of hydrazine groups is 1. The Labute approximate surface area is 153 Å². The molecule has 7 heteroatoms. The van der Waals surface area contributed by atoms with Crippen molar-refractivity contribution in [2.24, 2.45) is 0 Å².